The molecule has 1 aliphatic heterocycles. The molecular weight excluding hydrogens is 341 g/mol. The van der Waals surface area contributed by atoms with Crippen LogP contribution >= 0.6 is 0 Å². The summed E-state index contributed by atoms with van der Waals surface area (Å²) in [5.74, 6) is -3.22. The first-order valence-electron chi connectivity index (χ1n) is 9.39. The molecule has 0 saturated carbocycles. The Hall–Kier alpha value is -1.70. The van der Waals surface area contributed by atoms with Crippen LogP contribution in [0.25, 0.3) is 0 Å². The number of rotatable bonds is 9. The van der Waals surface area contributed by atoms with Crippen molar-refractivity contribution in [2.24, 2.45) is 5.92 Å². The van der Waals surface area contributed by atoms with E-state index in [1.54, 1.807) is 0 Å². The fourth-order valence-electron chi connectivity index (χ4n) is 3.08. The average molecular weight is 373 g/mol. The van der Waals surface area contributed by atoms with E-state index in [1.165, 1.54) is 10.4 Å². The second-order valence-electron chi connectivity index (χ2n) is 7.54. The fraction of sp³-hybridized carbons (Fsp3) is 0.833. The maximum absolute atomic E-state index is 14.4. The van der Waals surface area contributed by atoms with Crippen molar-refractivity contribution >= 4 is 17.7 Å². The van der Waals surface area contributed by atoms with Gasteiger partial charge in [-0.3, -0.25) is 19.6 Å². The first-order valence-corrected chi connectivity index (χ1v) is 9.39. The van der Waals surface area contributed by atoms with Crippen LogP contribution in [0.5, 0.6) is 0 Å². The van der Waals surface area contributed by atoms with Crippen molar-refractivity contribution in [3.05, 3.63) is 0 Å². The fourth-order valence-corrected chi connectivity index (χ4v) is 3.08. The number of hydroxylamine groups is 1. The van der Waals surface area contributed by atoms with E-state index in [0.717, 1.165) is 12.8 Å². The van der Waals surface area contributed by atoms with Crippen molar-refractivity contribution < 1.29 is 24.0 Å². The molecule has 0 aromatic rings. The Bertz CT molecular complexity index is 513. The summed E-state index contributed by atoms with van der Waals surface area (Å²) >= 11 is 0. The highest BCUT2D eigenvalue weighted by molar-refractivity contribution is 5.92. The van der Waals surface area contributed by atoms with Gasteiger partial charge in [-0.25, -0.2) is 9.87 Å². The summed E-state index contributed by atoms with van der Waals surface area (Å²) in [6.07, 6.45) is 1.27. The van der Waals surface area contributed by atoms with E-state index in [4.69, 9.17) is 5.21 Å². The number of likely N-dealkylation sites (tertiary alicyclic amines) is 1. The molecule has 3 amide bonds. The molecule has 1 aliphatic rings. The van der Waals surface area contributed by atoms with Gasteiger partial charge in [-0.15, -0.1) is 0 Å². The Kier molecular flexibility index (Phi) is 8.46. The molecule has 3 N–H and O–H groups in total. The van der Waals surface area contributed by atoms with Gasteiger partial charge in [-0.2, -0.15) is 0 Å². The Morgan fingerprint density at radius 1 is 1.31 bits per heavy atom. The highest BCUT2D eigenvalue weighted by Crippen LogP contribution is 2.26. The summed E-state index contributed by atoms with van der Waals surface area (Å²) < 4.78 is 14.4. The van der Waals surface area contributed by atoms with Crippen molar-refractivity contribution in [1.29, 1.82) is 0 Å². The topological polar surface area (TPSA) is 98.7 Å². The van der Waals surface area contributed by atoms with Crippen LogP contribution in [-0.2, 0) is 14.4 Å². The summed E-state index contributed by atoms with van der Waals surface area (Å²) in [6, 6.07) is -0.651. The van der Waals surface area contributed by atoms with Crippen LogP contribution in [0, 0.1) is 5.92 Å². The van der Waals surface area contributed by atoms with Gasteiger partial charge in [0.1, 0.15) is 6.04 Å². The molecule has 26 heavy (non-hydrogen) atoms. The number of alkyl halides is 1. The molecule has 8 heteroatoms. The summed E-state index contributed by atoms with van der Waals surface area (Å²) in [6.45, 7) is 8.03. The van der Waals surface area contributed by atoms with E-state index in [1.807, 2.05) is 27.7 Å². The molecule has 0 bridgehead atoms. The molecule has 3 atom stereocenters. The highest BCUT2D eigenvalue weighted by atomic mass is 19.1. The van der Waals surface area contributed by atoms with Crippen LogP contribution in [0.4, 0.5) is 4.39 Å². The molecule has 7 nitrogen and oxygen atoms in total. The van der Waals surface area contributed by atoms with Gasteiger partial charge >= 0.3 is 0 Å². The first-order chi connectivity index (χ1) is 12.2. The maximum atomic E-state index is 14.4. The summed E-state index contributed by atoms with van der Waals surface area (Å²) in [5.41, 5.74) is 0.882. The van der Waals surface area contributed by atoms with Crippen molar-refractivity contribution in [2.45, 2.75) is 84.0 Å². The van der Waals surface area contributed by atoms with Gasteiger partial charge in [0.2, 0.25) is 11.8 Å². The van der Waals surface area contributed by atoms with Crippen molar-refractivity contribution in [2.75, 3.05) is 6.54 Å². The molecule has 0 aliphatic carbocycles. The third-order valence-electron chi connectivity index (χ3n) is 5.08. The van der Waals surface area contributed by atoms with E-state index < -0.39 is 35.5 Å². The number of nitrogens with one attached hydrogen (secondary N) is 2. The van der Waals surface area contributed by atoms with Gasteiger partial charge < -0.3 is 10.2 Å². The minimum absolute atomic E-state index is 0.190. The standard InChI is InChI=1S/C18H32FN3O4/c1-5-7-9-12(14(19)16(24)21-26)17(25)22-11-8-10-13(22)15(23)20-18(3,4)6-2/h12-14,26H,5-11H2,1-4H3,(H,20,23)(H,21,24). The molecule has 3 unspecified atom stereocenters. The predicted octanol–water partition coefficient (Wildman–Crippen LogP) is 1.93. The lowest BCUT2D eigenvalue weighted by Gasteiger charge is -2.32. The predicted molar refractivity (Wildman–Crippen MR) is 95.1 cm³/mol. The molecular formula is C18H32FN3O4. The first kappa shape index (κ1) is 22.3. The Morgan fingerprint density at radius 2 is 1.96 bits per heavy atom. The van der Waals surface area contributed by atoms with Crippen LogP contribution in [0.3, 0.4) is 0 Å². The summed E-state index contributed by atoms with van der Waals surface area (Å²) in [7, 11) is 0. The Balaban J connectivity index is 2.94. The molecule has 0 aromatic heterocycles. The van der Waals surface area contributed by atoms with E-state index in [9.17, 15) is 18.8 Å². The number of halogens is 1. The number of hydrogen-bond acceptors (Lipinski definition) is 4. The van der Waals surface area contributed by atoms with Crippen LogP contribution in [0.1, 0.15) is 66.2 Å². The van der Waals surface area contributed by atoms with Crippen molar-refractivity contribution in [3.63, 3.8) is 0 Å². The van der Waals surface area contributed by atoms with Crippen molar-refractivity contribution in [3.8, 4) is 0 Å². The molecule has 0 aromatic carbocycles. The van der Waals surface area contributed by atoms with E-state index in [-0.39, 0.29) is 12.3 Å². The number of carbonyl (C=O) groups excluding carboxylic acids is 3. The Labute approximate surface area is 154 Å². The molecule has 0 spiro atoms. The number of hydrogen-bond donors (Lipinski definition) is 3. The van der Waals surface area contributed by atoms with Gasteiger partial charge in [0, 0.05) is 12.1 Å². The van der Waals surface area contributed by atoms with Gasteiger partial charge in [0.05, 0.1) is 5.92 Å². The normalized spacial score (nSPS) is 19.8. The molecule has 1 saturated heterocycles. The Morgan fingerprint density at radius 3 is 2.50 bits per heavy atom. The van der Waals surface area contributed by atoms with Crippen LogP contribution in [-0.4, -0.2) is 52.1 Å². The van der Waals surface area contributed by atoms with Crippen LogP contribution in [0.15, 0.2) is 0 Å². The number of carbonyl (C=O) groups is 3. The van der Waals surface area contributed by atoms with Gasteiger partial charge in [-0.1, -0.05) is 26.7 Å². The molecule has 0 radical (unpaired) electrons. The maximum Gasteiger partial charge on any atom is 0.278 e. The molecule has 1 heterocycles. The van der Waals surface area contributed by atoms with E-state index in [2.05, 4.69) is 5.32 Å². The van der Waals surface area contributed by atoms with Gasteiger partial charge in [-0.05, 0) is 39.5 Å². The van der Waals surface area contributed by atoms with Gasteiger partial charge in [0.25, 0.3) is 5.91 Å². The summed E-state index contributed by atoms with van der Waals surface area (Å²) in [4.78, 5) is 38.4. The van der Waals surface area contributed by atoms with Crippen LogP contribution in [0.2, 0.25) is 0 Å². The largest absolute Gasteiger partial charge is 0.349 e. The molecule has 150 valence electrons. The number of amides is 3. The average Bonchev–Trinajstić information content (AvgIpc) is 3.10. The van der Waals surface area contributed by atoms with Crippen LogP contribution < -0.4 is 10.8 Å². The zero-order valence-electron chi connectivity index (χ0n) is 16.2. The highest BCUT2D eigenvalue weighted by Gasteiger charge is 2.42. The molecule has 1 rings (SSSR count). The summed E-state index contributed by atoms with van der Waals surface area (Å²) in [5, 5.41) is 11.6. The lowest BCUT2D eigenvalue weighted by atomic mass is 9.94. The zero-order chi connectivity index (χ0) is 19.9. The number of nitrogens with zero attached hydrogens (tertiary/aromatic N) is 1. The third kappa shape index (κ3) is 5.65. The third-order valence-corrected chi connectivity index (χ3v) is 5.08. The van der Waals surface area contributed by atoms with E-state index >= 15 is 0 Å². The quantitative estimate of drug-likeness (QED) is 0.425. The zero-order valence-corrected chi connectivity index (χ0v) is 16.2. The molecule has 1 fully saturated rings. The second kappa shape index (κ2) is 9.85. The van der Waals surface area contributed by atoms with E-state index in [0.29, 0.717) is 25.8 Å². The number of unbranched alkanes of at least 4 members (excludes halogenated alkanes) is 1. The smallest absolute Gasteiger partial charge is 0.278 e. The second-order valence-corrected chi connectivity index (χ2v) is 7.54. The lowest BCUT2D eigenvalue weighted by molar-refractivity contribution is -0.149. The minimum atomic E-state index is -2.14. The minimum Gasteiger partial charge on any atom is -0.349 e. The lowest BCUT2D eigenvalue weighted by Crippen LogP contribution is -2.54. The van der Waals surface area contributed by atoms with Crippen molar-refractivity contribution in [1.82, 2.24) is 15.7 Å². The monoisotopic (exact) mass is 373 g/mol. The van der Waals surface area contributed by atoms with Gasteiger partial charge in [0.15, 0.2) is 6.17 Å². The SMILES string of the molecule is CCCCC(C(=O)N1CCCC1C(=O)NC(C)(C)CC)C(F)C(=O)NO.